The normalized spacial score (nSPS) is 20.7. The summed E-state index contributed by atoms with van der Waals surface area (Å²) >= 11 is 0. The predicted octanol–water partition coefficient (Wildman–Crippen LogP) is 4.50. The smallest absolute Gasteiger partial charge is 0.261 e. The van der Waals surface area contributed by atoms with Crippen LogP contribution in [0.3, 0.4) is 0 Å². The van der Waals surface area contributed by atoms with E-state index < -0.39 is 8.32 Å². The van der Waals surface area contributed by atoms with Crippen LogP contribution in [0.2, 0.25) is 5.04 Å². The SMILES string of the molecule is CC(C)(C)[Si](OC[C@@H]1CCC[C@@H]1C#N)(c1ccccc1)c1ccccc1. The zero-order valence-corrected chi connectivity index (χ0v) is 17.1. The molecule has 3 heteroatoms. The molecular formula is C23H29NOSi. The highest BCUT2D eigenvalue weighted by molar-refractivity contribution is 6.99. The number of nitriles is 1. The Morgan fingerprint density at radius 2 is 1.50 bits per heavy atom. The summed E-state index contributed by atoms with van der Waals surface area (Å²) in [6.45, 7) is 7.59. The van der Waals surface area contributed by atoms with Crippen LogP contribution < -0.4 is 10.4 Å². The summed E-state index contributed by atoms with van der Waals surface area (Å²) < 4.78 is 6.97. The first-order valence-corrected chi connectivity index (χ1v) is 11.5. The molecule has 0 aromatic heterocycles. The largest absolute Gasteiger partial charge is 0.407 e. The molecule has 0 heterocycles. The van der Waals surface area contributed by atoms with Crippen LogP contribution in [0.15, 0.2) is 60.7 Å². The van der Waals surface area contributed by atoms with Crippen molar-refractivity contribution in [2.24, 2.45) is 11.8 Å². The van der Waals surface area contributed by atoms with Gasteiger partial charge in [0.15, 0.2) is 0 Å². The van der Waals surface area contributed by atoms with Crippen molar-refractivity contribution in [1.82, 2.24) is 0 Å². The van der Waals surface area contributed by atoms with Gasteiger partial charge in [0.05, 0.1) is 12.0 Å². The molecule has 0 N–H and O–H groups in total. The third-order valence-corrected chi connectivity index (χ3v) is 10.8. The van der Waals surface area contributed by atoms with Gasteiger partial charge in [-0.1, -0.05) is 87.9 Å². The summed E-state index contributed by atoms with van der Waals surface area (Å²) in [4.78, 5) is 0. The first kappa shape index (κ1) is 18.9. The minimum Gasteiger partial charge on any atom is -0.407 e. The third kappa shape index (κ3) is 3.49. The highest BCUT2D eigenvalue weighted by Crippen LogP contribution is 2.39. The van der Waals surface area contributed by atoms with E-state index in [0.29, 0.717) is 12.5 Å². The Morgan fingerprint density at radius 1 is 0.962 bits per heavy atom. The molecule has 26 heavy (non-hydrogen) atoms. The Bertz CT molecular complexity index is 706. The lowest BCUT2D eigenvalue weighted by molar-refractivity contribution is 0.220. The molecular weight excluding hydrogens is 334 g/mol. The molecule has 0 amide bonds. The summed E-state index contributed by atoms with van der Waals surface area (Å²) in [5.41, 5.74) is 0. The Balaban J connectivity index is 2.05. The van der Waals surface area contributed by atoms with Crippen LogP contribution in [0, 0.1) is 23.2 Å². The molecule has 0 spiro atoms. The fourth-order valence-electron chi connectivity index (χ4n) is 4.40. The molecule has 0 saturated heterocycles. The van der Waals surface area contributed by atoms with E-state index in [1.165, 1.54) is 10.4 Å². The lowest BCUT2D eigenvalue weighted by atomic mass is 9.99. The van der Waals surface area contributed by atoms with Gasteiger partial charge in [0.1, 0.15) is 0 Å². The van der Waals surface area contributed by atoms with Crippen molar-refractivity contribution in [3.05, 3.63) is 60.7 Å². The maximum atomic E-state index is 9.47. The van der Waals surface area contributed by atoms with Crippen LogP contribution in [0.25, 0.3) is 0 Å². The standard InChI is InChI=1S/C23H29NOSi/c1-23(2,3)26(21-13-6-4-7-14-21,22-15-8-5-9-16-22)25-18-20-12-10-11-19(20)17-24/h4-9,13-16,19-20H,10-12,18H2,1-3H3/t19-,20+/m1/s1. The van der Waals surface area contributed by atoms with Crippen LogP contribution >= 0.6 is 0 Å². The average Bonchev–Trinajstić information content (AvgIpc) is 3.10. The Hall–Kier alpha value is -1.89. The minimum absolute atomic E-state index is 0.00352. The lowest BCUT2D eigenvalue weighted by Gasteiger charge is -2.43. The fourth-order valence-corrected chi connectivity index (χ4v) is 9.02. The van der Waals surface area contributed by atoms with Gasteiger partial charge >= 0.3 is 0 Å². The van der Waals surface area contributed by atoms with Crippen molar-refractivity contribution in [1.29, 1.82) is 5.26 Å². The monoisotopic (exact) mass is 363 g/mol. The molecule has 2 nitrogen and oxygen atoms in total. The van der Waals surface area contributed by atoms with E-state index in [1.54, 1.807) is 0 Å². The molecule has 136 valence electrons. The van der Waals surface area contributed by atoms with Crippen LogP contribution in [0.5, 0.6) is 0 Å². The molecule has 2 aromatic carbocycles. The highest BCUT2D eigenvalue weighted by Gasteiger charge is 2.50. The van der Waals surface area contributed by atoms with Crippen molar-refractivity contribution < 1.29 is 4.43 Å². The Labute approximate surface area is 159 Å². The zero-order valence-electron chi connectivity index (χ0n) is 16.1. The molecule has 2 atom stereocenters. The Kier molecular flexibility index (Phi) is 5.65. The lowest BCUT2D eigenvalue weighted by Crippen LogP contribution is -2.67. The first-order chi connectivity index (χ1) is 12.5. The van der Waals surface area contributed by atoms with E-state index in [2.05, 4.69) is 87.5 Å². The molecule has 3 rings (SSSR count). The number of nitrogens with zero attached hydrogens (tertiary/aromatic N) is 1. The van der Waals surface area contributed by atoms with Crippen molar-refractivity contribution in [2.45, 2.75) is 45.1 Å². The van der Waals surface area contributed by atoms with Crippen molar-refractivity contribution >= 4 is 18.7 Å². The second kappa shape index (κ2) is 7.78. The van der Waals surface area contributed by atoms with Crippen molar-refractivity contribution in [3.8, 4) is 6.07 Å². The van der Waals surface area contributed by atoms with Crippen molar-refractivity contribution in [3.63, 3.8) is 0 Å². The Morgan fingerprint density at radius 3 is 1.96 bits per heavy atom. The second-order valence-electron chi connectivity index (χ2n) is 8.40. The summed E-state index contributed by atoms with van der Waals surface area (Å²) in [5, 5.41) is 12.1. The van der Waals surface area contributed by atoms with Gasteiger partial charge in [-0.2, -0.15) is 5.26 Å². The maximum absolute atomic E-state index is 9.47. The van der Waals surface area contributed by atoms with Gasteiger partial charge in [-0.05, 0) is 34.2 Å². The average molecular weight is 364 g/mol. The maximum Gasteiger partial charge on any atom is 0.261 e. The zero-order chi connectivity index (χ0) is 18.6. The summed E-state index contributed by atoms with van der Waals surface area (Å²) in [6, 6.07) is 24.0. The quantitative estimate of drug-likeness (QED) is 0.733. The van der Waals surface area contributed by atoms with Gasteiger partial charge < -0.3 is 4.43 Å². The predicted molar refractivity (Wildman–Crippen MR) is 110 cm³/mol. The summed E-state index contributed by atoms with van der Waals surface area (Å²) in [5.74, 6) is 0.509. The van der Waals surface area contributed by atoms with Crippen LogP contribution in [-0.2, 0) is 4.43 Å². The van der Waals surface area contributed by atoms with E-state index in [1.807, 2.05) is 0 Å². The van der Waals surface area contributed by atoms with E-state index in [-0.39, 0.29) is 11.0 Å². The first-order valence-electron chi connectivity index (χ1n) is 9.63. The highest BCUT2D eigenvalue weighted by atomic mass is 28.4. The molecule has 1 fully saturated rings. The van der Waals surface area contributed by atoms with Gasteiger partial charge in [0.2, 0.25) is 0 Å². The third-order valence-electron chi connectivity index (χ3n) is 5.76. The number of benzene rings is 2. The number of rotatable bonds is 5. The fraction of sp³-hybridized carbons (Fsp3) is 0.435. The second-order valence-corrected chi connectivity index (χ2v) is 12.7. The van der Waals surface area contributed by atoms with Gasteiger partial charge in [0, 0.05) is 6.61 Å². The molecule has 0 radical (unpaired) electrons. The van der Waals surface area contributed by atoms with Crippen molar-refractivity contribution in [2.75, 3.05) is 6.61 Å². The molecule has 2 aromatic rings. The van der Waals surface area contributed by atoms with Gasteiger partial charge in [-0.15, -0.1) is 0 Å². The van der Waals surface area contributed by atoms with Crippen LogP contribution in [0.1, 0.15) is 40.0 Å². The molecule has 1 aliphatic rings. The van der Waals surface area contributed by atoms with Gasteiger partial charge in [-0.3, -0.25) is 0 Å². The van der Waals surface area contributed by atoms with Crippen LogP contribution in [-0.4, -0.2) is 14.9 Å². The minimum atomic E-state index is -2.47. The molecule has 1 saturated carbocycles. The van der Waals surface area contributed by atoms with Crippen LogP contribution in [0.4, 0.5) is 0 Å². The van der Waals surface area contributed by atoms with E-state index in [4.69, 9.17) is 4.43 Å². The van der Waals surface area contributed by atoms with Gasteiger partial charge in [0.25, 0.3) is 8.32 Å². The molecule has 1 aliphatic carbocycles. The van der Waals surface area contributed by atoms with E-state index >= 15 is 0 Å². The molecule has 0 unspecified atom stereocenters. The topological polar surface area (TPSA) is 33.0 Å². The number of hydrogen-bond acceptors (Lipinski definition) is 2. The van der Waals surface area contributed by atoms with E-state index in [9.17, 15) is 5.26 Å². The van der Waals surface area contributed by atoms with E-state index in [0.717, 1.165) is 19.3 Å². The molecule has 0 bridgehead atoms. The summed E-state index contributed by atoms with van der Waals surface area (Å²) in [6.07, 6.45) is 3.27. The number of hydrogen-bond donors (Lipinski definition) is 0. The summed E-state index contributed by atoms with van der Waals surface area (Å²) in [7, 11) is -2.47. The molecule has 0 aliphatic heterocycles. The van der Waals surface area contributed by atoms with Gasteiger partial charge in [-0.25, -0.2) is 0 Å².